The van der Waals surface area contributed by atoms with Crippen LogP contribution in [0.25, 0.3) is 10.9 Å². The summed E-state index contributed by atoms with van der Waals surface area (Å²) in [5.74, 6) is 0.735. The first-order valence-corrected chi connectivity index (χ1v) is 10.6. The molecule has 2 N–H and O–H groups in total. The zero-order valence-corrected chi connectivity index (χ0v) is 18.6. The van der Waals surface area contributed by atoms with Crippen LogP contribution in [0.4, 0.5) is 0 Å². The number of rotatable bonds is 9. The fourth-order valence-corrected chi connectivity index (χ4v) is 3.32. The van der Waals surface area contributed by atoms with E-state index in [1.807, 2.05) is 31.2 Å². The van der Waals surface area contributed by atoms with Gasteiger partial charge in [-0.15, -0.1) is 0 Å². The molecule has 0 aliphatic carbocycles. The van der Waals surface area contributed by atoms with Crippen molar-refractivity contribution in [1.29, 1.82) is 0 Å². The van der Waals surface area contributed by atoms with Crippen molar-refractivity contribution in [2.45, 2.75) is 32.2 Å². The minimum Gasteiger partial charge on any atom is -0.483 e. The van der Waals surface area contributed by atoms with Crippen LogP contribution in [-0.2, 0) is 16.0 Å². The lowest BCUT2D eigenvalue weighted by Gasteiger charge is -2.21. The molecule has 168 valence electrons. The lowest BCUT2D eigenvalue weighted by molar-refractivity contribution is -0.130. The van der Waals surface area contributed by atoms with E-state index in [9.17, 15) is 14.4 Å². The molecule has 2 amide bonds. The van der Waals surface area contributed by atoms with Crippen molar-refractivity contribution < 1.29 is 14.3 Å². The van der Waals surface area contributed by atoms with Gasteiger partial charge in [0.25, 0.3) is 11.5 Å². The van der Waals surface area contributed by atoms with Crippen LogP contribution in [0, 0.1) is 0 Å². The first-order valence-electron chi connectivity index (χ1n) is 10.6. The molecular formula is C24H28N4O4. The summed E-state index contributed by atoms with van der Waals surface area (Å²) in [6.45, 7) is 1.89. The molecule has 0 aliphatic rings. The quantitative estimate of drug-likeness (QED) is 0.537. The van der Waals surface area contributed by atoms with Gasteiger partial charge in [-0.2, -0.15) is 0 Å². The number of aromatic amines is 1. The first-order chi connectivity index (χ1) is 15.4. The van der Waals surface area contributed by atoms with Gasteiger partial charge in [0.15, 0.2) is 6.61 Å². The smallest absolute Gasteiger partial charge is 0.259 e. The van der Waals surface area contributed by atoms with Gasteiger partial charge in [-0.3, -0.25) is 14.4 Å². The lowest BCUT2D eigenvalue weighted by atomic mass is 10.0. The maximum atomic E-state index is 12.6. The molecule has 0 fully saturated rings. The third-order valence-electron chi connectivity index (χ3n) is 5.14. The topological polar surface area (TPSA) is 104 Å². The fourth-order valence-electron chi connectivity index (χ4n) is 3.32. The molecule has 8 nitrogen and oxygen atoms in total. The largest absolute Gasteiger partial charge is 0.483 e. The molecule has 0 unspecified atom stereocenters. The normalized spacial score (nSPS) is 11.7. The third-order valence-corrected chi connectivity index (χ3v) is 5.14. The van der Waals surface area contributed by atoms with Gasteiger partial charge in [0.05, 0.1) is 16.9 Å². The molecular weight excluding hydrogens is 408 g/mol. The van der Waals surface area contributed by atoms with E-state index in [1.54, 1.807) is 38.4 Å². The molecule has 1 heterocycles. The van der Waals surface area contributed by atoms with E-state index in [1.165, 1.54) is 4.90 Å². The van der Waals surface area contributed by atoms with Crippen molar-refractivity contribution in [3.05, 3.63) is 70.3 Å². The zero-order chi connectivity index (χ0) is 23.1. The Balaban J connectivity index is 1.65. The number of carbonyl (C=O) groups excluding carboxylic acids is 2. The van der Waals surface area contributed by atoms with E-state index < -0.39 is 0 Å². The summed E-state index contributed by atoms with van der Waals surface area (Å²) < 4.78 is 5.72. The number of H-pyrrole nitrogens is 1. The molecule has 0 aliphatic heterocycles. The summed E-state index contributed by atoms with van der Waals surface area (Å²) in [5, 5.41) is 3.55. The summed E-state index contributed by atoms with van der Waals surface area (Å²) in [4.78, 5) is 45.4. The summed E-state index contributed by atoms with van der Waals surface area (Å²) in [5.41, 5.74) is 1.21. The van der Waals surface area contributed by atoms with Crippen LogP contribution in [0.1, 0.15) is 37.2 Å². The Morgan fingerprint density at radius 3 is 2.59 bits per heavy atom. The van der Waals surface area contributed by atoms with Gasteiger partial charge >= 0.3 is 0 Å². The number of likely N-dealkylation sites (N-methyl/N-ethyl adjacent to an activating group) is 1. The van der Waals surface area contributed by atoms with Crippen LogP contribution in [0.15, 0.2) is 53.3 Å². The fraction of sp³-hybridized carbons (Fsp3) is 0.333. The molecule has 0 saturated heterocycles. The second-order valence-corrected chi connectivity index (χ2v) is 7.67. The van der Waals surface area contributed by atoms with Crippen LogP contribution in [-0.4, -0.2) is 47.4 Å². The number of hydrogen-bond acceptors (Lipinski definition) is 5. The number of amides is 2. The number of benzene rings is 2. The predicted molar refractivity (Wildman–Crippen MR) is 122 cm³/mol. The summed E-state index contributed by atoms with van der Waals surface area (Å²) >= 11 is 0. The second kappa shape index (κ2) is 10.6. The third kappa shape index (κ3) is 5.72. The highest BCUT2D eigenvalue weighted by Crippen LogP contribution is 2.27. The predicted octanol–water partition coefficient (Wildman–Crippen LogP) is 2.59. The molecule has 2 aromatic carbocycles. The van der Waals surface area contributed by atoms with Crippen LogP contribution in [0.3, 0.4) is 0 Å². The molecule has 1 atom stereocenters. The number of nitrogens with one attached hydrogen (secondary N) is 2. The minimum atomic E-state index is -0.267. The van der Waals surface area contributed by atoms with E-state index >= 15 is 0 Å². The van der Waals surface area contributed by atoms with Crippen molar-refractivity contribution in [3.63, 3.8) is 0 Å². The van der Waals surface area contributed by atoms with Crippen molar-refractivity contribution in [2.24, 2.45) is 0 Å². The average molecular weight is 437 g/mol. The first kappa shape index (κ1) is 23.0. The summed E-state index contributed by atoms with van der Waals surface area (Å²) in [6.07, 6.45) is 1.15. The van der Waals surface area contributed by atoms with Crippen LogP contribution in [0.2, 0.25) is 0 Å². The van der Waals surface area contributed by atoms with Crippen molar-refractivity contribution >= 4 is 22.7 Å². The number of fused-ring (bicyclic) bond motifs is 1. The molecule has 8 heteroatoms. The average Bonchev–Trinajstić information content (AvgIpc) is 2.80. The Morgan fingerprint density at radius 1 is 1.12 bits per heavy atom. The van der Waals surface area contributed by atoms with Crippen molar-refractivity contribution in [2.75, 3.05) is 20.7 Å². The molecule has 0 bridgehead atoms. The highest BCUT2D eigenvalue weighted by molar-refractivity contribution is 5.78. The Labute approximate surface area is 186 Å². The van der Waals surface area contributed by atoms with Gasteiger partial charge < -0.3 is 19.9 Å². The number of aryl methyl sites for hydroxylation is 1. The van der Waals surface area contributed by atoms with Gasteiger partial charge in [0, 0.05) is 32.5 Å². The van der Waals surface area contributed by atoms with E-state index in [-0.39, 0.29) is 36.4 Å². The Hall–Kier alpha value is -3.68. The molecule has 32 heavy (non-hydrogen) atoms. The molecule has 0 spiro atoms. The molecule has 0 saturated carbocycles. The zero-order valence-electron chi connectivity index (χ0n) is 18.6. The molecule has 0 radical (unpaired) electrons. The number of ether oxygens (including phenoxy) is 1. The van der Waals surface area contributed by atoms with Gasteiger partial charge in [0.1, 0.15) is 11.6 Å². The molecule has 3 aromatic rings. The number of para-hydroxylation sites is 2. The number of carbonyl (C=O) groups is 2. The standard InChI is InChI=1S/C24H28N4O4/c1-4-18(16-9-6-8-12-20(16)32-15-23(30)28(2)3)26-22(29)14-13-21-25-19-11-7-5-10-17(19)24(31)27-21/h5-12,18H,4,13-15H2,1-3H3,(H,26,29)(H,25,27,31)/t18-/m1/s1. The maximum absolute atomic E-state index is 12.6. The summed E-state index contributed by atoms with van der Waals surface area (Å²) in [7, 11) is 3.34. The molecule has 1 aromatic heterocycles. The maximum Gasteiger partial charge on any atom is 0.259 e. The van der Waals surface area contributed by atoms with E-state index in [2.05, 4.69) is 15.3 Å². The highest BCUT2D eigenvalue weighted by atomic mass is 16.5. The van der Waals surface area contributed by atoms with Crippen LogP contribution in [0.5, 0.6) is 5.75 Å². The van der Waals surface area contributed by atoms with Crippen molar-refractivity contribution in [1.82, 2.24) is 20.2 Å². The number of nitrogens with zero attached hydrogens (tertiary/aromatic N) is 2. The van der Waals surface area contributed by atoms with Crippen LogP contribution >= 0.6 is 0 Å². The highest BCUT2D eigenvalue weighted by Gasteiger charge is 2.18. The van der Waals surface area contributed by atoms with Crippen molar-refractivity contribution in [3.8, 4) is 5.75 Å². The van der Waals surface area contributed by atoms with E-state index in [0.29, 0.717) is 35.3 Å². The van der Waals surface area contributed by atoms with Gasteiger partial charge in [-0.1, -0.05) is 37.3 Å². The van der Waals surface area contributed by atoms with E-state index in [4.69, 9.17) is 4.74 Å². The Morgan fingerprint density at radius 2 is 1.84 bits per heavy atom. The van der Waals surface area contributed by atoms with Gasteiger partial charge in [-0.25, -0.2) is 4.98 Å². The monoisotopic (exact) mass is 436 g/mol. The Kier molecular flexibility index (Phi) is 7.59. The Bertz CT molecular complexity index is 1160. The molecule has 3 rings (SSSR count). The number of aromatic nitrogens is 2. The minimum absolute atomic E-state index is 0.0740. The van der Waals surface area contributed by atoms with Crippen LogP contribution < -0.4 is 15.6 Å². The SMILES string of the molecule is CC[C@@H](NC(=O)CCc1nc2ccccc2c(=O)[nH]1)c1ccccc1OCC(=O)N(C)C. The lowest BCUT2D eigenvalue weighted by Crippen LogP contribution is -2.30. The number of hydrogen-bond donors (Lipinski definition) is 2. The van der Waals surface area contributed by atoms with E-state index in [0.717, 1.165) is 5.56 Å². The summed E-state index contributed by atoms with van der Waals surface area (Å²) in [6, 6.07) is 14.2. The second-order valence-electron chi connectivity index (χ2n) is 7.67. The van der Waals surface area contributed by atoms with Gasteiger partial charge in [-0.05, 0) is 24.6 Å². The van der Waals surface area contributed by atoms with Gasteiger partial charge in [0.2, 0.25) is 5.91 Å².